The van der Waals surface area contributed by atoms with Crippen LogP contribution in [0, 0.1) is 5.92 Å². The van der Waals surface area contributed by atoms with Gasteiger partial charge in [0.25, 0.3) is 0 Å². The summed E-state index contributed by atoms with van der Waals surface area (Å²) < 4.78 is 10.5. The minimum absolute atomic E-state index is 0. The van der Waals surface area contributed by atoms with Crippen LogP contribution >= 0.6 is 24.0 Å². The number of aliphatic imine (C=N–C) groups is 1. The molecule has 0 bridgehead atoms. The van der Waals surface area contributed by atoms with E-state index in [-0.39, 0.29) is 24.0 Å². The molecule has 1 fully saturated rings. The van der Waals surface area contributed by atoms with Gasteiger partial charge in [0.15, 0.2) is 5.96 Å². The van der Waals surface area contributed by atoms with Gasteiger partial charge in [-0.1, -0.05) is 13.8 Å². The fourth-order valence-electron chi connectivity index (χ4n) is 2.46. The zero-order valence-electron chi connectivity index (χ0n) is 14.4. The molecule has 0 aromatic rings. The van der Waals surface area contributed by atoms with Crippen molar-refractivity contribution in [2.75, 3.05) is 59.7 Å². The molecule has 1 rings (SSSR count). The van der Waals surface area contributed by atoms with Crippen molar-refractivity contribution in [2.24, 2.45) is 10.9 Å². The highest BCUT2D eigenvalue weighted by Crippen LogP contribution is 2.13. The molecule has 1 heterocycles. The molecule has 7 heteroatoms. The van der Waals surface area contributed by atoms with Crippen LogP contribution in [-0.2, 0) is 9.47 Å². The summed E-state index contributed by atoms with van der Waals surface area (Å²) in [6.45, 7) is 13.4. The highest BCUT2D eigenvalue weighted by molar-refractivity contribution is 14.0. The SMILES string of the molecule is CCNC(=NCC(C(C)C)N1CCOCC1)NCCOC.I. The number of halogens is 1. The van der Waals surface area contributed by atoms with Crippen molar-refractivity contribution in [3.8, 4) is 0 Å². The number of hydrogen-bond donors (Lipinski definition) is 2. The molecule has 0 aliphatic carbocycles. The third-order valence-corrected chi connectivity index (χ3v) is 3.66. The average molecular weight is 428 g/mol. The van der Waals surface area contributed by atoms with E-state index in [2.05, 4.69) is 36.3 Å². The highest BCUT2D eigenvalue weighted by Gasteiger charge is 2.23. The van der Waals surface area contributed by atoms with E-state index in [4.69, 9.17) is 14.5 Å². The molecule has 132 valence electrons. The second-order valence-corrected chi connectivity index (χ2v) is 5.60. The Morgan fingerprint density at radius 1 is 1.27 bits per heavy atom. The highest BCUT2D eigenvalue weighted by atomic mass is 127. The number of hydrogen-bond acceptors (Lipinski definition) is 4. The standard InChI is InChI=1S/C15H32N4O2.HI/c1-5-16-15(17-6-9-20-4)18-12-14(13(2)3)19-7-10-21-11-8-19;/h13-14H,5-12H2,1-4H3,(H2,16,17,18);1H. The summed E-state index contributed by atoms with van der Waals surface area (Å²) in [7, 11) is 1.71. The van der Waals surface area contributed by atoms with Gasteiger partial charge in [-0.25, -0.2) is 0 Å². The van der Waals surface area contributed by atoms with Crippen LogP contribution in [0.2, 0.25) is 0 Å². The quantitative estimate of drug-likeness (QED) is 0.263. The molecule has 0 amide bonds. The summed E-state index contributed by atoms with van der Waals surface area (Å²) in [5.41, 5.74) is 0. The number of nitrogens with zero attached hydrogens (tertiary/aromatic N) is 2. The van der Waals surface area contributed by atoms with Crippen molar-refractivity contribution in [2.45, 2.75) is 26.8 Å². The van der Waals surface area contributed by atoms with Crippen LogP contribution in [0.15, 0.2) is 4.99 Å². The monoisotopic (exact) mass is 428 g/mol. The van der Waals surface area contributed by atoms with Gasteiger partial charge < -0.3 is 20.1 Å². The maximum absolute atomic E-state index is 5.44. The molecule has 0 radical (unpaired) electrons. The Morgan fingerprint density at radius 2 is 1.95 bits per heavy atom. The lowest BCUT2D eigenvalue weighted by Gasteiger charge is -2.36. The Kier molecular flexibility index (Phi) is 13.3. The van der Waals surface area contributed by atoms with E-state index in [9.17, 15) is 0 Å². The zero-order valence-corrected chi connectivity index (χ0v) is 16.8. The van der Waals surface area contributed by atoms with E-state index in [0.717, 1.165) is 51.9 Å². The fourth-order valence-corrected chi connectivity index (χ4v) is 2.46. The van der Waals surface area contributed by atoms with E-state index in [1.807, 2.05) is 0 Å². The molecular formula is C15H33IN4O2. The van der Waals surface area contributed by atoms with E-state index in [1.54, 1.807) is 7.11 Å². The topological polar surface area (TPSA) is 58.1 Å². The first-order valence-electron chi connectivity index (χ1n) is 8.02. The largest absolute Gasteiger partial charge is 0.383 e. The van der Waals surface area contributed by atoms with Gasteiger partial charge in [0.05, 0.1) is 26.4 Å². The Hall–Kier alpha value is -0.120. The van der Waals surface area contributed by atoms with Gasteiger partial charge >= 0.3 is 0 Å². The van der Waals surface area contributed by atoms with E-state index in [0.29, 0.717) is 18.6 Å². The van der Waals surface area contributed by atoms with Crippen LogP contribution < -0.4 is 10.6 Å². The van der Waals surface area contributed by atoms with Crippen molar-refractivity contribution < 1.29 is 9.47 Å². The molecule has 1 unspecified atom stereocenters. The lowest BCUT2D eigenvalue weighted by atomic mass is 10.0. The Labute approximate surface area is 152 Å². The third kappa shape index (κ3) is 8.50. The molecule has 22 heavy (non-hydrogen) atoms. The van der Waals surface area contributed by atoms with Crippen LogP contribution in [0.5, 0.6) is 0 Å². The molecule has 1 atom stereocenters. The summed E-state index contributed by atoms with van der Waals surface area (Å²) >= 11 is 0. The minimum Gasteiger partial charge on any atom is -0.383 e. The molecule has 0 aromatic heterocycles. The van der Waals surface area contributed by atoms with Gasteiger partial charge in [0.1, 0.15) is 0 Å². The number of ether oxygens (including phenoxy) is 2. The van der Waals surface area contributed by atoms with Crippen LogP contribution in [0.1, 0.15) is 20.8 Å². The summed E-state index contributed by atoms with van der Waals surface area (Å²) in [5, 5.41) is 6.57. The second kappa shape index (κ2) is 13.3. The molecule has 1 aliphatic heterocycles. The molecule has 1 aliphatic rings. The third-order valence-electron chi connectivity index (χ3n) is 3.66. The Morgan fingerprint density at radius 3 is 2.50 bits per heavy atom. The predicted molar refractivity (Wildman–Crippen MR) is 102 cm³/mol. The molecule has 0 saturated carbocycles. The van der Waals surface area contributed by atoms with Gasteiger partial charge in [0.2, 0.25) is 0 Å². The first-order chi connectivity index (χ1) is 10.2. The molecule has 2 N–H and O–H groups in total. The first-order valence-corrected chi connectivity index (χ1v) is 8.02. The van der Waals surface area contributed by atoms with Crippen LogP contribution in [0.25, 0.3) is 0 Å². The summed E-state index contributed by atoms with van der Waals surface area (Å²) in [6, 6.07) is 0.465. The Balaban J connectivity index is 0.00000441. The van der Waals surface area contributed by atoms with Gasteiger partial charge in [-0.15, -0.1) is 24.0 Å². The number of nitrogens with one attached hydrogen (secondary N) is 2. The van der Waals surface area contributed by atoms with E-state index < -0.39 is 0 Å². The number of rotatable bonds is 8. The van der Waals surface area contributed by atoms with Crippen molar-refractivity contribution in [1.82, 2.24) is 15.5 Å². The van der Waals surface area contributed by atoms with E-state index >= 15 is 0 Å². The van der Waals surface area contributed by atoms with Crippen LogP contribution in [0.4, 0.5) is 0 Å². The number of guanidine groups is 1. The van der Waals surface area contributed by atoms with Crippen molar-refractivity contribution >= 4 is 29.9 Å². The average Bonchev–Trinajstić information content (AvgIpc) is 2.48. The lowest BCUT2D eigenvalue weighted by molar-refractivity contribution is 0.00867. The molecule has 0 spiro atoms. The normalized spacial score (nSPS) is 18.0. The van der Waals surface area contributed by atoms with E-state index in [1.165, 1.54) is 0 Å². The van der Waals surface area contributed by atoms with Crippen LogP contribution in [-0.4, -0.2) is 76.6 Å². The van der Waals surface area contributed by atoms with Crippen LogP contribution in [0.3, 0.4) is 0 Å². The maximum Gasteiger partial charge on any atom is 0.191 e. The zero-order chi connectivity index (χ0) is 15.5. The van der Waals surface area contributed by atoms with Gasteiger partial charge in [0, 0.05) is 39.3 Å². The van der Waals surface area contributed by atoms with Crippen molar-refractivity contribution in [3.63, 3.8) is 0 Å². The predicted octanol–water partition coefficient (Wildman–Crippen LogP) is 1.16. The molecular weight excluding hydrogens is 395 g/mol. The van der Waals surface area contributed by atoms with Crippen molar-refractivity contribution in [1.29, 1.82) is 0 Å². The fraction of sp³-hybridized carbons (Fsp3) is 0.933. The number of morpholine rings is 1. The lowest BCUT2D eigenvalue weighted by Crippen LogP contribution is -2.48. The molecule has 6 nitrogen and oxygen atoms in total. The molecule has 1 saturated heterocycles. The van der Waals surface area contributed by atoms with Crippen molar-refractivity contribution in [3.05, 3.63) is 0 Å². The van der Waals surface area contributed by atoms with Gasteiger partial charge in [-0.05, 0) is 12.8 Å². The summed E-state index contributed by atoms with van der Waals surface area (Å²) in [4.78, 5) is 7.23. The molecule has 0 aromatic carbocycles. The first kappa shape index (κ1) is 21.9. The summed E-state index contributed by atoms with van der Waals surface area (Å²) in [5.74, 6) is 1.45. The van der Waals surface area contributed by atoms with Gasteiger partial charge in [-0.3, -0.25) is 9.89 Å². The number of methoxy groups -OCH3 is 1. The smallest absolute Gasteiger partial charge is 0.191 e. The maximum atomic E-state index is 5.44. The minimum atomic E-state index is 0. The summed E-state index contributed by atoms with van der Waals surface area (Å²) in [6.07, 6.45) is 0. The Bertz CT molecular complexity index is 297. The second-order valence-electron chi connectivity index (χ2n) is 5.60. The van der Waals surface area contributed by atoms with Gasteiger partial charge in [-0.2, -0.15) is 0 Å².